The minimum atomic E-state index is -4.46. The standard InChI is InChI=1S/C14H10ClF3N2S/c15-11-8-9(2-3-10(11)14(16,17)18)13(4-1-5-20-13)12-19-6-7-21-12/h1-5,8H,6-7H2. The van der Waals surface area contributed by atoms with Crippen LogP contribution < -0.4 is 0 Å². The molecule has 0 amide bonds. The zero-order valence-corrected chi connectivity index (χ0v) is 12.3. The van der Waals surface area contributed by atoms with Crippen molar-refractivity contribution in [1.29, 1.82) is 0 Å². The van der Waals surface area contributed by atoms with E-state index in [1.54, 1.807) is 24.1 Å². The molecule has 110 valence electrons. The topological polar surface area (TPSA) is 24.7 Å². The number of hydrogen-bond donors (Lipinski definition) is 0. The van der Waals surface area contributed by atoms with Gasteiger partial charge < -0.3 is 0 Å². The highest BCUT2D eigenvalue weighted by atomic mass is 35.5. The molecule has 0 bridgehead atoms. The molecular weight excluding hydrogens is 321 g/mol. The number of hydrogen-bond acceptors (Lipinski definition) is 3. The Morgan fingerprint density at radius 1 is 1.29 bits per heavy atom. The van der Waals surface area contributed by atoms with Gasteiger partial charge in [0.05, 0.1) is 10.6 Å². The third kappa shape index (κ3) is 2.51. The number of benzene rings is 1. The lowest BCUT2D eigenvalue weighted by Gasteiger charge is -2.25. The summed E-state index contributed by atoms with van der Waals surface area (Å²) in [6.07, 6.45) is 0.778. The van der Waals surface area contributed by atoms with Crippen LogP contribution in [0.4, 0.5) is 13.2 Å². The Labute approximate surface area is 128 Å². The SMILES string of the molecule is FC(F)(F)c1ccc(C2(C3=NCCS3)C=CC=N2)cc1Cl. The van der Waals surface area contributed by atoms with Gasteiger partial charge in [0.15, 0.2) is 5.54 Å². The number of alkyl halides is 3. The number of halogens is 4. The van der Waals surface area contributed by atoms with Crippen LogP contribution in [0, 0.1) is 0 Å². The van der Waals surface area contributed by atoms with Gasteiger partial charge in [0.1, 0.15) is 5.04 Å². The zero-order chi connectivity index (χ0) is 15.1. The molecule has 21 heavy (non-hydrogen) atoms. The number of thioether (sulfide) groups is 1. The van der Waals surface area contributed by atoms with E-state index >= 15 is 0 Å². The zero-order valence-electron chi connectivity index (χ0n) is 10.7. The van der Waals surface area contributed by atoms with E-state index in [-0.39, 0.29) is 5.02 Å². The molecule has 0 radical (unpaired) electrons. The molecule has 0 saturated heterocycles. The fraction of sp³-hybridized carbons (Fsp3) is 0.286. The van der Waals surface area contributed by atoms with E-state index in [1.165, 1.54) is 12.1 Å². The highest BCUT2D eigenvalue weighted by molar-refractivity contribution is 8.14. The molecule has 0 spiro atoms. The summed E-state index contributed by atoms with van der Waals surface area (Å²) in [6, 6.07) is 3.75. The van der Waals surface area contributed by atoms with Crippen LogP contribution in [0.3, 0.4) is 0 Å². The summed E-state index contributed by atoms with van der Waals surface area (Å²) in [4.78, 5) is 8.84. The van der Waals surface area contributed by atoms with Gasteiger partial charge in [-0.1, -0.05) is 17.7 Å². The van der Waals surface area contributed by atoms with Crippen molar-refractivity contribution in [2.75, 3.05) is 12.3 Å². The summed E-state index contributed by atoms with van der Waals surface area (Å²) in [5.74, 6) is 0.856. The maximum Gasteiger partial charge on any atom is 0.417 e. The first kappa shape index (κ1) is 14.7. The number of allylic oxidation sites excluding steroid dienone is 1. The normalized spacial score (nSPS) is 24.7. The number of nitrogens with zero attached hydrogens (tertiary/aromatic N) is 2. The summed E-state index contributed by atoms with van der Waals surface area (Å²) in [5.41, 5.74) is -1.07. The van der Waals surface area contributed by atoms with Crippen LogP contribution in [0.5, 0.6) is 0 Å². The van der Waals surface area contributed by atoms with Crippen molar-refractivity contribution in [3.8, 4) is 0 Å². The van der Waals surface area contributed by atoms with Gasteiger partial charge in [-0.2, -0.15) is 13.2 Å². The molecule has 0 saturated carbocycles. The largest absolute Gasteiger partial charge is 0.417 e. The van der Waals surface area contributed by atoms with Gasteiger partial charge >= 0.3 is 6.18 Å². The van der Waals surface area contributed by atoms with Crippen LogP contribution in [-0.2, 0) is 11.7 Å². The molecule has 1 atom stereocenters. The maximum absolute atomic E-state index is 12.8. The van der Waals surface area contributed by atoms with Crippen LogP contribution in [0.15, 0.2) is 40.3 Å². The molecule has 0 N–H and O–H groups in total. The van der Waals surface area contributed by atoms with Crippen LogP contribution in [0.1, 0.15) is 11.1 Å². The van der Waals surface area contributed by atoms with Crippen LogP contribution in [0.2, 0.25) is 5.02 Å². The molecule has 0 fully saturated rings. The van der Waals surface area contributed by atoms with Gasteiger partial charge in [-0.3, -0.25) is 9.98 Å². The molecule has 1 aromatic carbocycles. The van der Waals surface area contributed by atoms with Crippen molar-refractivity contribution >= 4 is 34.6 Å². The quantitative estimate of drug-likeness (QED) is 0.791. The Morgan fingerprint density at radius 3 is 2.62 bits per heavy atom. The molecule has 2 aliphatic heterocycles. The molecule has 3 rings (SSSR count). The van der Waals surface area contributed by atoms with Crippen LogP contribution in [0.25, 0.3) is 0 Å². The van der Waals surface area contributed by atoms with Crippen molar-refractivity contribution in [2.24, 2.45) is 9.98 Å². The summed E-state index contributed by atoms with van der Waals surface area (Å²) < 4.78 is 38.4. The van der Waals surface area contributed by atoms with E-state index in [0.29, 0.717) is 12.1 Å². The second kappa shape index (κ2) is 5.18. The average molecular weight is 331 g/mol. The first-order valence-corrected chi connectivity index (χ1v) is 7.58. The van der Waals surface area contributed by atoms with E-state index in [9.17, 15) is 13.2 Å². The average Bonchev–Trinajstić information content (AvgIpc) is 3.09. The van der Waals surface area contributed by atoms with Gasteiger partial charge in [-0.15, -0.1) is 11.8 Å². The van der Waals surface area contributed by atoms with E-state index < -0.39 is 17.3 Å². The summed E-state index contributed by atoms with van der Waals surface area (Å²) in [5, 5.41) is 0.474. The fourth-order valence-corrected chi connectivity index (χ4v) is 3.66. The Balaban J connectivity index is 2.08. The third-order valence-corrected chi connectivity index (χ3v) is 4.74. The van der Waals surface area contributed by atoms with E-state index in [2.05, 4.69) is 9.98 Å². The molecule has 2 aliphatic rings. The number of rotatable bonds is 2. The lowest BCUT2D eigenvalue weighted by atomic mass is 9.91. The Kier molecular flexibility index (Phi) is 3.61. The van der Waals surface area contributed by atoms with E-state index in [0.717, 1.165) is 16.9 Å². The smallest absolute Gasteiger partial charge is 0.279 e. The van der Waals surface area contributed by atoms with Gasteiger partial charge in [0, 0.05) is 18.5 Å². The monoisotopic (exact) mass is 330 g/mol. The first-order valence-electron chi connectivity index (χ1n) is 6.21. The lowest BCUT2D eigenvalue weighted by molar-refractivity contribution is -0.137. The van der Waals surface area contributed by atoms with Crippen LogP contribution in [-0.4, -0.2) is 23.6 Å². The van der Waals surface area contributed by atoms with Crippen molar-refractivity contribution in [3.63, 3.8) is 0 Å². The molecule has 0 aromatic heterocycles. The Hall–Kier alpha value is -1.27. The third-order valence-electron chi connectivity index (χ3n) is 3.33. The van der Waals surface area contributed by atoms with Gasteiger partial charge in [-0.05, 0) is 29.8 Å². The summed E-state index contributed by atoms with van der Waals surface area (Å²) in [7, 11) is 0. The maximum atomic E-state index is 12.8. The molecule has 2 heterocycles. The summed E-state index contributed by atoms with van der Waals surface area (Å²) >= 11 is 7.39. The van der Waals surface area contributed by atoms with Crippen molar-refractivity contribution in [1.82, 2.24) is 0 Å². The highest BCUT2D eigenvalue weighted by Crippen LogP contribution is 2.42. The lowest BCUT2D eigenvalue weighted by Crippen LogP contribution is -2.27. The van der Waals surface area contributed by atoms with E-state index in [1.807, 2.05) is 6.08 Å². The minimum Gasteiger partial charge on any atom is -0.279 e. The predicted octanol–water partition coefficient (Wildman–Crippen LogP) is 4.34. The molecule has 7 heteroatoms. The molecule has 2 nitrogen and oxygen atoms in total. The molecule has 1 aromatic rings. The second-order valence-corrected chi connectivity index (χ2v) is 6.12. The van der Waals surface area contributed by atoms with Gasteiger partial charge in [-0.25, -0.2) is 0 Å². The Bertz CT molecular complexity index is 653. The van der Waals surface area contributed by atoms with Crippen LogP contribution >= 0.6 is 23.4 Å². The molecular formula is C14H10ClF3N2S. The second-order valence-electron chi connectivity index (χ2n) is 4.63. The molecule has 0 aliphatic carbocycles. The van der Waals surface area contributed by atoms with Gasteiger partial charge in [0.25, 0.3) is 0 Å². The van der Waals surface area contributed by atoms with Crippen molar-refractivity contribution < 1.29 is 13.2 Å². The predicted molar refractivity (Wildman–Crippen MR) is 80.5 cm³/mol. The highest BCUT2D eigenvalue weighted by Gasteiger charge is 2.40. The fourth-order valence-electron chi connectivity index (χ4n) is 2.35. The minimum absolute atomic E-state index is 0.321. The van der Waals surface area contributed by atoms with Crippen molar-refractivity contribution in [3.05, 3.63) is 46.5 Å². The summed E-state index contributed by atoms with van der Waals surface area (Å²) in [6.45, 7) is 0.694. The Morgan fingerprint density at radius 2 is 2.10 bits per heavy atom. The number of aliphatic imine (C=N–C) groups is 2. The first-order chi connectivity index (χ1) is 9.93. The van der Waals surface area contributed by atoms with Gasteiger partial charge in [0.2, 0.25) is 0 Å². The van der Waals surface area contributed by atoms with Crippen molar-refractivity contribution in [2.45, 2.75) is 11.7 Å². The molecule has 1 unspecified atom stereocenters. The van der Waals surface area contributed by atoms with E-state index in [4.69, 9.17) is 11.6 Å².